The fourth-order valence-corrected chi connectivity index (χ4v) is 3.93. The van der Waals surface area contributed by atoms with Gasteiger partial charge in [0.1, 0.15) is 11.2 Å². The van der Waals surface area contributed by atoms with E-state index >= 15 is 0 Å². The summed E-state index contributed by atoms with van der Waals surface area (Å²) in [6, 6.07) is 9.27. The minimum absolute atomic E-state index is 0.123. The number of thiophene rings is 1. The van der Waals surface area contributed by atoms with Crippen molar-refractivity contribution < 1.29 is 4.79 Å². The largest absolute Gasteiger partial charge is 0.321 e. The van der Waals surface area contributed by atoms with Crippen molar-refractivity contribution in [2.45, 2.75) is 27.3 Å². The third-order valence-corrected chi connectivity index (χ3v) is 5.26. The maximum Gasteiger partial charge on any atom is 0.265 e. The summed E-state index contributed by atoms with van der Waals surface area (Å²) in [6.45, 7) is 7.13. The number of rotatable bonds is 5. The summed E-state index contributed by atoms with van der Waals surface area (Å²) < 4.78 is 3.55. The molecule has 1 N–H and O–H groups in total. The van der Waals surface area contributed by atoms with E-state index in [9.17, 15) is 4.79 Å². The number of benzene rings is 1. The molecule has 0 unspecified atom stereocenters. The Morgan fingerprint density at radius 2 is 2.04 bits per heavy atom. The van der Waals surface area contributed by atoms with E-state index in [1.54, 1.807) is 4.68 Å². The fourth-order valence-electron chi connectivity index (χ4n) is 2.86. The van der Waals surface area contributed by atoms with Crippen LogP contribution < -0.4 is 5.32 Å². The maximum absolute atomic E-state index is 12.7. The molecule has 0 saturated carbocycles. The Balaban J connectivity index is 1.54. The van der Waals surface area contributed by atoms with Gasteiger partial charge >= 0.3 is 0 Å². The first kappa shape index (κ1) is 17.3. The van der Waals surface area contributed by atoms with Gasteiger partial charge in [-0.15, -0.1) is 16.4 Å². The molecule has 0 aliphatic rings. The van der Waals surface area contributed by atoms with Gasteiger partial charge in [0.25, 0.3) is 5.91 Å². The van der Waals surface area contributed by atoms with Gasteiger partial charge in [0.15, 0.2) is 0 Å². The van der Waals surface area contributed by atoms with Crippen molar-refractivity contribution >= 4 is 33.1 Å². The lowest BCUT2D eigenvalue weighted by Gasteiger charge is -2.06. The van der Waals surface area contributed by atoms with Gasteiger partial charge in [-0.1, -0.05) is 13.8 Å². The van der Waals surface area contributed by atoms with Crippen molar-refractivity contribution in [1.82, 2.24) is 30.0 Å². The lowest BCUT2D eigenvalue weighted by atomic mass is 10.2. The van der Waals surface area contributed by atoms with Crippen LogP contribution in [0.5, 0.6) is 0 Å². The molecule has 9 heteroatoms. The number of amides is 1. The Morgan fingerprint density at radius 3 is 2.70 bits per heavy atom. The highest BCUT2D eigenvalue weighted by molar-refractivity contribution is 7.20. The molecule has 4 rings (SSSR count). The molecule has 27 heavy (non-hydrogen) atoms. The average Bonchev–Trinajstić information content (AvgIpc) is 3.35. The summed E-state index contributed by atoms with van der Waals surface area (Å²) in [7, 11) is 0. The summed E-state index contributed by atoms with van der Waals surface area (Å²) in [5.74, 6) is 0.368. The summed E-state index contributed by atoms with van der Waals surface area (Å²) in [4.78, 5) is 14.4. The number of fused-ring (bicyclic) bond motifs is 1. The van der Waals surface area contributed by atoms with E-state index in [4.69, 9.17) is 0 Å². The molecule has 1 aromatic carbocycles. The molecule has 0 spiro atoms. The van der Waals surface area contributed by atoms with E-state index in [2.05, 4.69) is 39.8 Å². The van der Waals surface area contributed by atoms with Crippen LogP contribution in [0.15, 0.2) is 36.7 Å². The first-order chi connectivity index (χ1) is 13.0. The van der Waals surface area contributed by atoms with Crippen molar-refractivity contribution in [2.75, 3.05) is 5.32 Å². The number of anilines is 1. The Hall–Kier alpha value is -3.07. The zero-order chi connectivity index (χ0) is 19.0. The minimum Gasteiger partial charge on any atom is -0.321 e. The van der Waals surface area contributed by atoms with Gasteiger partial charge in [-0.3, -0.25) is 9.48 Å². The lowest BCUT2D eigenvalue weighted by molar-refractivity contribution is 0.103. The minimum atomic E-state index is -0.123. The number of aryl methyl sites for hydroxylation is 1. The molecule has 0 fully saturated rings. The van der Waals surface area contributed by atoms with Crippen LogP contribution in [0, 0.1) is 12.8 Å². The van der Waals surface area contributed by atoms with Crippen LogP contribution in [0.2, 0.25) is 0 Å². The number of aromatic nitrogens is 6. The topological polar surface area (TPSA) is 90.5 Å². The monoisotopic (exact) mass is 381 g/mol. The molecule has 0 aliphatic carbocycles. The van der Waals surface area contributed by atoms with Crippen LogP contribution in [0.4, 0.5) is 5.69 Å². The average molecular weight is 381 g/mol. The second kappa shape index (κ2) is 6.92. The predicted octanol–water partition coefficient (Wildman–Crippen LogP) is 3.29. The van der Waals surface area contributed by atoms with Crippen molar-refractivity contribution in [3.63, 3.8) is 0 Å². The van der Waals surface area contributed by atoms with Crippen molar-refractivity contribution in [3.05, 3.63) is 47.2 Å². The molecule has 0 aliphatic heterocycles. The van der Waals surface area contributed by atoms with Crippen LogP contribution in [0.1, 0.15) is 29.2 Å². The molecular weight excluding hydrogens is 362 g/mol. The standard InChI is InChI=1S/C18H19N7OS/c1-11(2)9-24-18-15(12(3)21-24)8-16(27-18)17(26)20-13-4-6-14(7-5-13)25-10-19-22-23-25/h4-8,10-11H,9H2,1-3H3,(H,20,26). The number of carbonyl (C=O) groups excluding carboxylic acids is 1. The van der Waals surface area contributed by atoms with Gasteiger partial charge in [0.2, 0.25) is 0 Å². The quantitative estimate of drug-likeness (QED) is 0.573. The molecule has 8 nitrogen and oxygen atoms in total. The van der Waals surface area contributed by atoms with Gasteiger partial charge in [-0.2, -0.15) is 5.10 Å². The highest BCUT2D eigenvalue weighted by atomic mass is 32.1. The van der Waals surface area contributed by atoms with E-state index in [0.717, 1.165) is 33.8 Å². The second-order valence-corrected chi connectivity index (χ2v) is 7.78. The van der Waals surface area contributed by atoms with Crippen molar-refractivity contribution in [3.8, 4) is 5.69 Å². The summed E-state index contributed by atoms with van der Waals surface area (Å²) in [6.07, 6.45) is 1.52. The van der Waals surface area contributed by atoms with E-state index < -0.39 is 0 Å². The number of hydrogen-bond donors (Lipinski definition) is 1. The summed E-state index contributed by atoms with van der Waals surface area (Å²) in [5, 5.41) is 19.6. The van der Waals surface area contributed by atoms with E-state index in [0.29, 0.717) is 10.8 Å². The lowest BCUT2D eigenvalue weighted by Crippen LogP contribution is -2.10. The van der Waals surface area contributed by atoms with E-state index in [1.165, 1.54) is 17.7 Å². The Bertz CT molecular complexity index is 1080. The number of nitrogens with one attached hydrogen (secondary N) is 1. The predicted molar refractivity (Wildman–Crippen MR) is 104 cm³/mol. The number of tetrazole rings is 1. The summed E-state index contributed by atoms with van der Waals surface area (Å²) >= 11 is 1.47. The van der Waals surface area contributed by atoms with Gasteiger partial charge in [-0.25, -0.2) is 4.68 Å². The summed E-state index contributed by atoms with van der Waals surface area (Å²) in [5.41, 5.74) is 2.49. The molecule has 138 valence electrons. The van der Waals surface area contributed by atoms with Gasteiger partial charge in [0, 0.05) is 17.6 Å². The number of nitrogens with zero attached hydrogens (tertiary/aromatic N) is 6. The maximum atomic E-state index is 12.7. The molecule has 0 radical (unpaired) electrons. The fraction of sp³-hybridized carbons (Fsp3) is 0.278. The first-order valence-electron chi connectivity index (χ1n) is 8.63. The Labute approximate surface area is 159 Å². The second-order valence-electron chi connectivity index (χ2n) is 6.75. The van der Waals surface area contributed by atoms with Crippen LogP contribution in [0.3, 0.4) is 0 Å². The molecule has 0 saturated heterocycles. The van der Waals surface area contributed by atoms with Gasteiger partial charge < -0.3 is 5.32 Å². The van der Waals surface area contributed by atoms with Crippen LogP contribution in [-0.2, 0) is 6.54 Å². The highest BCUT2D eigenvalue weighted by Gasteiger charge is 2.17. The SMILES string of the molecule is Cc1nn(CC(C)C)c2sc(C(=O)Nc3ccc(-n4cnnn4)cc3)cc12. The number of hydrogen-bond acceptors (Lipinski definition) is 6. The highest BCUT2D eigenvalue weighted by Crippen LogP contribution is 2.29. The van der Waals surface area contributed by atoms with Gasteiger partial charge in [-0.05, 0) is 53.6 Å². The van der Waals surface area contributed by atoms with Crippen LogP contribution >= 0.6 is 11.3 Å². The molecule has 3 aromatic heterocycles. The van der Waals surface area contributed by atoms with Crippen LogP contribution in [-0.4, -0.2) is 35.9 Å². The molecule has 1 amide bonds. The van der Waals surface area contributed by atoms with Crippen molar-refractivity contribution in [1.29, 1.82) is 0 Å². The van der Waals surface area contributed by atoms with Crippen molar-refractivity contribution in [2.24, 2.45) is 5.92 Å². The smallest absolute Gasteiger partial charge is 0.265 e. The Kier molecular flexibility index (Phi) is 4.44. The first-order valence-corrected chi connectivity index (χ1v) is 9.44. The third kappa shape index (κ3) is 3.45. The van der Waals surface area contributed by atoms with E-state index in [-0.39, 0.29) is 5.91 Å². The van der Waals surface area contributed by atoms with Gasteiger partial charge in [0.05, 0.1) is 16.3 Å². The van der Waals surface area contributed by atoms with Crippen LogP contribution in [0.25, 0.3) is 15.9 Å². The zero-order valence-corrected chi connectivity index (χ0v) is 16.1. The Morgan fingerprint density at radius 1 is 1.26 bits per heavy atom. The number of carbonyl (C=O) groups is 1. The third-order valence-electron chi connectivity index (χ3n) is 4.11. The molecule has 0 bridgehead atoms. The zero-order valence-electron chi connectivity index (χ0n) is 15.2. The van der Waals surface area contributed by atoms with E-state index in [1.807, 2.05) is 41.9 Å². The normalized spacial score (nSPS) is 11.4. The molecule has 0 atom stereocenters. The molecular formula is C18H19N7OS. The molecule has 3 heterocycles. The molecule has 4 aromatic rings.